The summed E-state index contributed by atoms with van der Waals surface area (Å²) in [6, 6.07) is -1.38. The minimum Gasteiger partial charge on any atom is -0.370 e. The van der Waals surface area contributed by atoms with Crippen LogP contribution in [0.2, 0.25) is 0 Å². The van der Waals surface area contributed by atoms with Crippen LogP contribution in [0.15, 0.2) is 0 Å². The van der Waals surface area contributed by atoms with Gasteiger partial charge in [0.15, 0.2) is 0 Å². The molecule has 0 bridgehead atoms. The number of rotatable bonds is 10. The lowest BCUT2D eigenvalue weighted by atomic mass is 10.1. The molecule has 0 aliphatic rings. The van der Waals surface area contributed by atoms with E-state index in [0.29, 0.717) is 19.3 Å². The summed E-state index contributed by atoms with van der Waals surface area (Å²) in [4.78, 5) is 32.9. The summed E-state index contributed by atoms with van der Waals surface area (Å²) in [5.41, 5.74) is 15.9. The molecule has 7 N–H and O–H groups in total. The molecule has 0 radical (unpaired) electrons. The van der Waals surface area contributed by atoms with Gasteiger partial charge >= 0.3 is 0 Å². The number of nitrogens with one attached hydrogen (secondary N) is 1. The first-order valence-corrected chi connectivity index (χ1v) is 6.00. The van der Waals surface area contributed by atoms with E-state index in [4.69, 9.17) is 17.2 Å². The van der Waals surface area contributed by atoms with Gasteiger partial charge in [-0.15, -0.1) is 0 Å². The average Bonchev–Trinajstić information content (AvgIpc) is 2.34. The maximum Gasteiger partial charge on any atom is 0.237 e. The molecule has 0 saturated carbocycles. The van der Waals surface area contributed by atoms with Gasteiger partial charge in [0, 0.05) is 6.42 Å². The highest BCUT2D eigenvalue weighted by molar-refractivity contribution is 5.84. The number of hydrogen-bond acceptors (Lipinski definition) is 5. The average molecular weight is 258 g/mol. The molecule has 104 valence electrons. The molecule has 0 fully saturated rings. The summed E-state index contributed by atoms with van der Waals surface area (Å²) in [6.45, 7) is 0.559. The number of carbonyl (C=O) groups excluding carboxylic acids is 3. The molecule has 18 heavy (non-hydrogen) atoms. The summed E-state index contributed by atoms with van der Waals surface area (Å²) < 4.78 is 0. The van der Waals surface area contributed by atoms with Crippen LogP contribution >= 0.6 is 0 Å². The number of aldehydes is 1. The minimum atomic E-state index is -0.717. The molecule has 0 aliphatic carbocycles. The lowest BCUT2D eigenvalue weighted by Gasteiger charge is -2.16. The SMILES string of the molecule is NCCCC[C@H](N)C(=O)N[C@H](C=O)CCC(N)=O. The van der Waals surface area contributed by atoms with Gasteiger partial charge in [0.1, 0.15) is 6.29 Å². The van der Waals surface area contributed by atoms with E-state index in [-0.39, 0.29) is 12.8 Å². The summed E-state index contributed by atoms with van der Waals surface area (Å²) in [7, 11) is 0. The Balaban J connectivity index is 4.00. The first-order valence-electron chi connectivity index (χ1n) is 6.00. The van der Waals surface area contributed by atoms with E-state index in [2.05, 4.69) is 5.32 Å². The molecule has 0 unspecified atom stereocenters. The molecule has 7 heteroatoms. The van der Waals surface area contributed by atoms with Crippen molar-refractivity contribution in [1.82, 2.24) is 5.32 Å². The van der Waals surface area contributed by atoms with E-state index in [1.807, 2.05) is 0 Å². The molecule has 2 atom stereocenters. The van der Waals surface area contributed by atoms with E-state index in [1.54, 1.807) is 0 Å². The number of nitrogens with two attached hydrogens (primary N) is 3. The fraction of sp³-hybridized carbons (Fsp3) is 0.727. The smallest absolute Gasteiger partial charge is 0.237 e. The molecule has 2 amide bonds. The topological polar surface area (TPSA) is 141 Å². The minimum absolute atomic E-state index is 0.0477. The van der Waals surface area contributed by atoms with Gasteiger partial charge in [-0.1, -0.05) is 6.42 Å². The number of unbranched alkanes of at least 4 members (excludes halogenated alkanes) is 1. The second-order valence-corrected chi connectivity index (χ2v) is 4.15. The number of primary amides is 1. The Morgan fingerprint density at radius 2 is 1.89 bits per heavy atom. The largest absolute Gasteiger partial charge is 0.370 e. The molecular weight excluding hydrogens is 236 g/mol. The number of amides is 2. The first-order chi connectivity index (χ1) is 8.51. The highest BCUT2D eigenvalue weighted by atomic mass is 16.2. The molecule has 0 aromatic heterocycles. The van der Waals surface area contributed by atoms with E-state index in [1.165, 1.54) is 0 Å². The van der Waals surface area contributed by atoms with Gasteiger partial charge in [0.25, 0.3) is 0 Å². The van der Waals surface area contributed by atoms with Gasteiger partial charge in [0.2, 0.25) is 11.8 Å². The van der Waals surface area contributed by atoms with Crippen molar-refractivity contribution in [3.8, 4) is 0 Å². The van der Waals surface area contributed by atoms with Crippen LogP contribution in [0.25, 0.3) is 0 Å². The van der Waals surface area contributed by atoms with Gasteiger partial charge in [-0.25, -0.2) is 0 Å². The predicted octanol–water partition coefficient (Wildman–Crippen LogP) is -1.61. The van der Waals surface area contributed by atoms with Crippen molar-refractivity contribution in [3.05, 3.63) is 0 Å². The zero-order valence-electron chi connectivity index (χ0n) is 10.4. The number of hydrogen-bond donors (Lipinski definition) is 4. The summed E-state index contributed by atoms with van der Waals surface area (Å²) in [5.74, 6) is -0.906. The Morgan fingerprint density at radius 3 is 2.39 bits per heavy atom. The molecule has 0 aromatic rings. The molecule has 0 rings (SSSR count). The molecule has 7 nitrogen and oxygen atoms in total. The maximum atomic E-state index is 11.6. The first kappa shape index (κ1) is 16.5. The quantitative estimate of drug-likeness (QED) is 0.275. The summed E-state index contributed by atoms with van der Waals surface area (Å²) in [5, 5.41) is 2.48. The second-order valence-electron chi connectivity index (χ2n) is 4.15. The molecule has 0 saturated heterocycles. The van der Waals surface area contributed by atoms with E-state index < -0.39 is 23.9 Å². The van der Waals surface area contributed by atoms with Crippen LogP contribution in [0.1, 0.15) is 32.1 Å². The second kappa shape index (κ2) is 9.55. The molecule has 0 aromatic carbocycles. The van der Waals surface area contributed by atoms with E-state index >= 15 is 0 Å². The molecule has 0 spiro atoms. The van der Waals surface area contributed by atoms with Crippen LogP contribution in [0.5, 0.6) is 0 Å². The Bertz CT molecular complexity index is 283. The van der Waals surface area contributed by atoms with Gasteiger partial charge < -0.3 is 27.3 Å². The molecule has 0 heterocycles. The van der Waals surface area contributed by atoms with Gasteiger partial charge in [-0.3, -0.25) is 9.59 Å². The Labute approximate surface area is 106 Å². The molecule has 0 aliphatic heterocycles. The summed E-state index contributed by atoms with van der Waals surface area (Å²) >= 11 is 0. The normalized spacial score (nSPS) is 13.7. The van der Waals surface area contributed by atoms with Crippen LogP contribution in [-0.4, -0.2) is 36.7 Å². The van der Waals surface area contributed by atoms with Crippen LogP contribution in [0.3, 0.4) is 0 Å². The lowest BCUT2D eigenvalue weighted by Crippen LogP contribution is -2.46. The summed E-state index contributed by atoms with van der Waals surface area (Å²) in [6.07, 6.45) is 2.90. The van der Waals surface area contributed by atoms with Crippen molar-refractivity contribution in [3.63, 3.8) is 0 Å². The van der Waals surface area contributed by atoms with Crippen molar-refractivity contribution in [1.29, 1.82) is 0 Å². The van der Waals surface area contributed by atoms with Crippen molar-refractivity contribution in [2.75, 3.05) is 6.54 Å². The van der Waals surface area contributed by atoms with Crippen molar-refractivity contribution >= 4 is 18.1 Å². The zero-order valence-corrected chi connectivity index (χ0v) is 10.4. The Kier molecular flexibility index (Phi) is 8.77. The Hall–Kier alpha value is -1.47. The van der Waals surface area contributed by atoms with Gasteiger partial charge in [-0.2, -0.15) is 0 Å². The number of carbonyl (C=O) groups is 3. The standard InChI is InChI=1S/C11H22N4O3/c12-6-2-1-3-9(13)11(18)15-8(7-16)4-5-10(14)17/h7-9H,1-6,12-13H2,(H2,14,17)(H,15,18)/t8-,9-/m0/s1. The van der Waals surface area contributed by atoms with Gasteiger partial charge in [-0.05, 0) is 25.8 Å². The van der Waals surface area contributed by atoms with Crippen LogP contribution in [-0.2, 0) is 14.4 Å². The highest BCUT2D eigenvalue weighted by Gasteiger charge is 2.17. The van der Waals surface area contributed by atoms with Crippen LogP contribution in [0.4, 0.5) is 0 Å². The Morgan fingerprint density at radius 1 is 1.22 bits per heavy atom. The monoisotopic (exact) mass is 258 g/mol. The van der Waals surface area contributed by atoms with Crippen molar-refractivity contribution < 1.29 is 14.4 Å². The third kappa shape index (κ3) is 7.75. The lowest BCUT2D eigenvalue weighted by molar-refractivity contribution is -0.126. The molecular formula is C11H22N4O3. The van der Waals surface area contributed by atoms with Crippen molar-refractivity contribution in [2.24, 2.45) is 17.2 Å². The van der Waals surface area contributed by atoms with Crippen LogP contribution < -0.4 is 22.5 Å². The maximum absolute atomic E-state index is 11.6. The zero-order chi connectivity index (χ0) is 14.0. The fourth-order valence-electron chi connectivity index (χ4n) is 1.40. The van der Waals surface area contributed by atoms with Crippen molar-refractivity contribution in [2.45, 2.75) is 44.2 Å². The van der Waals surface area contributed by atoms with Crippen LogP contribution in [0, 0.1) is 0 Å². The van der Waals surface area contributed by atoms with E-state index in [0.717, 1.165) is 12.8 Å². The fourth-order valence-corrected chi connectivity index (χ4v) is 1.40. The highest BCUT2D eigenvalue weighted by Crippen LogP contribution is 2.00. The van der Waals surface area contributed by atoms with E-state index in [9.17, 15) is 14.4 Å². The van der Waals surface area contributed by atoms with Gasteiger partial charge in [0.05, 0.1) is 12.1 Å². The third-order valence-electron chi connectivity index (χ3n) is 2.50. The predicted molar refractivity (Wildman–Crippen MR) is 67.3 cm³/mol. The third-order valence-corrected chi connectivity index (χ3v) is 2.50.